The summed E-state index contributed by atoms with van der Waals surface area (Å²) < 4.78 is 10.4. The lowest BCUT2D eigenvalue weighted by atomic mass is 10.2. The lowest BCUT2D eigenvalue weighted by Crippen LogP contribution is -2.05. The van der Waals surface area contributed by atoms with Crippen molar-refractivity contribution in [3.8, 4) is 5.75 Å². The molecule has 1 N–H and O–H groups in total. The van der Waals surface area contributed by atoms with E-state index in [0.29, 0.717) is 18.1 Å². The van der Waals surface area contributed by atoms with E-state index >= 15 is 0 Å². The van der Waals surface area contributed by atoms with Gasteiger partial charge in [-0.3, -0.25) is 0 Å². The fourth-order valence-corrected chi connectivity index (χ4v) is 1.85. The molecule has 2 aromatic rings. The summed E-state index contributed by atoms with van der Waals surface area (Å²) in [6, 6.07) is 4.52. The number of hydrogen-bond donors (Lipinski definition) is 1. The number of halogens is 1. The van der Waals surface area contributed by atoms with E-state index in [-0.39, 0.29) is 22.9 Å². The number of ether oxygens (including phenoxy) is 1. The zero-order valence-electron chi connectivity index (χ0n) is 10.8. The molecule has 0 saturated heterocycles. The highest BCUT2D eigenvalue weighted by molar-refractivity contribution is 6.32. The third-order valence-electron chi connectivity index (χ3n) is 2.52. The van der Waals surface area contributed by atoms with E-state index in [0.717, 1.165) is 6.42 Å². The van der Waals surface area contributed by atoms with Crippen LogP contribution in [0.3, 0.4) is 0 Å². The number of rotatable bonds is 6. The lowest BCUT2D eigenvalue weighted by molar-refractivity contribution is 0.0691. The Kier molecular flexibility index (Phi) is 4.57. The SMILES string of the molecule is CCCc1nc(COc2c(Cl)cccc2C(=O)O)no1. The summed E-state index contributed by atoms with van der Waals surface area (Å²) >= 11 is 5.94. The second-order valence-electron chi connectivity index (χ2n) is 4.06. The number of nitrogens with zero attached hydrogens (tertiary/aromatic N) is 2. The molecule has 0 atom stereocenters. The Morgan fingerprint density at radius 3 is 3.00 bits per heavy atom. The summed E-state index contributed by atoms with van der Waals surface area (Å²) in [5.41, 5.74) is -0.00484. The molecule has 0 saturated carbocycles. The summed E-state index contributed by atoms with van der Waals surface area (Å²) in [5.74, 6) is -0.126. The van der Waals surface area contributed by atoms with Crippen LogP contribution in [0.4, 0.5) is 0 Å². The van der Waals surface area contributed by atoms with E-state index in [4.69, 9.17) is 26.0 Å². The molecule has 106 valence electrons. The number of benzene rings is 1. The van der Waals surface area contributed by atoms with Crippen molar-refractivity contribution in [3.63, 3.8) is 0 Å². The minimum Gasteiger partial charge on any atom is -0.483 e. The Bertz CT molecular complexity index is 612. The average molecular weight is 297 g/mol. The van der Waals surface area contributed by atoms with E-state index in [1.807, 2.05) is 6.92 Å². The molecular weight excluding hydrogens is 284 g/mol. The van der Waals surface area contributed by atoms with Crippen molar-refractivity contribution in [3.05, 3.63) is 40.5 Å². The largest absolute Gasteiger partial charge is 0.483 e. The zero-order chi connectivity index (χ0) is 14.5. The number of carbonyl (C=O) groups is 1. The molecule has 0 aliphatic heterocycles. The van der Waals surface area contributed by atoms with E-state index in [2.05, 4.69) is 10.1 Å². The molecule has 7 heteroatoms. The summed E-state index contributed by atoms with van der Waals surface area (Å²) in [4.78, 5) is 15.2. The van der Waals surface area contributed by atoms with E-state index in [9.17, 15) is 4.79 Å². The number of hydrogen-bond acceptors (Lipinski definition) is 5. The first kappa shape index (κ1) is 14.3. The maximum Gasteiger partial charge on any atom is 0.339 e. The molecule has 2 rings (SSSR count). The third kappa shape index (κ3) is 3.27. The van der Waals surface area contributed by atoms with Crippen LogP contribution in [0.25, 0.3) is 0 Å². The van der Waals surface area contributed by atoms with Gasteiger partial charge in [-0.1, -0.05) is 29.7 Å². The van der Waals surface area contributed by atoms with Crippen LogP contribution >= 0.6 is 11.6 Å². The highest BCUT2D eigenvalue weighted by Gasteiger charge is 2.15. The molecule has 1 heterocycles. The van der Waals surface area contributed by atoms with Gasteiger partial charge in [0.05, 0.1) is 5.02 Å². The number of aromatic nitrogens is 2. The molecule has 1 aromatic heterocycles. The Labute approximate surface area is 120 Å². The molecule has 0 amide bonds. The Hall–Kier alpha value is -2.08. The smallest absolute Gasteiger partial charge is 0.339 e. The van der Waals surface area contributed by atoms with Gasteiger partial charge in [0.25, 0.3) is 0 Å². The van der Waals surface area contributed by atoms with Crippen molar-refractivity contribution in [1.82, 2.24) is 10.1 Å². The van der Waals surface area contributed by atoms with Gasteiger partial charge < -0.3 is 14.4 Å². The number of aryl methyl sites for hydroxylation is 1. The molecule has 0 bridgehead atoms. The molecule has 0 radical (unpaired) electrons. The van der Waals surface area contributed by atoms with Crippen LogP contribution in [0.2, 0.25) is 5.02 Å². The molecular formula is C13H13ClN2O4. The van der Waals surface area contributed by atoms with Crippen LogP contribution in [0.15, 0.2) is 22.7 Å². The first-order chi connectivity index (χ1) is 9.61. The Morgan fingerprint density at radius 2 is 2.30 bits per heavy atom. The van der Waals surface area contributed by atoms with Crippen LogP contribution in [0, 0.1) is 0 Å². The molecule has 20 heavy (non-hydrogen) atoms. The molecule has 0 spiro atoms. The van der Waals surface area contributed by atoms with E-state index in [1.165, 1.54) is 6.07 Å². The fraction of sp³-hybridized carbons (Fsp3) is 0.308. The van der Waals surface area contributed by atoms with E-state index < -0.39 is 5.97 Å². The van der Waals surface area contributed by atoms with Crippen molar-refractivity contribution >= 4 is 17.6 Å². The average Bonchev–Trinajstić information content (AvgIpc) is 2.85. The molecule has 6 nitrogen and oxygen atoms in total. The number of para-hydroxylation sites is 1. The van der Waals surface area contributed by atoms with Gasteiger partial charge in [-0.25, -0.2) is 4.79 Å². The van der Waals surface area contributed by atoms with Gasteiger partial charge in [0, 0.05) is 6.42 Å². The minimum absolute atomic E-state index is 0.00275. The highest BCUT2D eigenvalue weighted by atomic mass is 35.5. The normalized spacial score (nSPS) is 10.5. The predicted molar refractivity (Wildman–Crippen MR) is 71.0 cm³/mol. The van der Waals surface area contributed by atoms with Gasteiger partial charge >= 0.3 is 5.97 Å². The van der Waals surface area contributed by atoms with Crippen molar-refractivity contribution in [1.29, 1.82) is 0 Å². The predicted octanol–water partition coefficient (Wildman–Crippen LogP) is 2.95. The molecule has 0 unspecified atom stereocenters. The Balaban J connectivity index is 2.12. The summed E-state index contributed by atoms with van der Waals surface area (Å²) in [6.07, 6.45) is 1.59. The zero-order valence-corrected chi connectivity index (χ0v) is 11.6. The first-order valence-corrected chi connectivity index (χ1v) is 6.45. The van der Waals surface area contributed by atoms with Gasteiger partial charge in [-0.05, 0) is 18.6 Å². The number of aromatic carboxylic acids is 1. The quantitative estimate of drug-likeness (QED) is 0.882. The summed E-state index contributed by atoms with van der Waals surface area (Å²) in [7, 11) is 0. The molecule has 0 aliphatic rings. The fourth-order valence-electron chi connectivity index (χ4n) is 1.62. The third-order valence-corrected chi connectivity index (χ3v) is 2.81. The van der Waals surface area contributed by atoms with Crippen LogP contribution in [-0.2, 0) is 13.0 Å². The topological polar surface area (TPSA) is 85.5 Å². The van der Waals surface area contributed by atoms with Gasteiger partial charge in [0.2, 0.25) is 11.7 Å². The second-order valence-corrected chi connectivity index (χ2v) is 4.47. The van der Waals surface area contributed by atoms with Crippen LogP contribution in [-0.4, -0.2) is 21.2 Å². The summed E-state index contributed by atoms with van der Waals surface area (Å²) in [6.45, 7) is 2.00. The van der Waals surface area contributed by atoms with Crippen molar-refractivity contribution in [2.24, 2.45) is 0 Å². The van der Waals surface area contributed by atoms with Gasteiger partial charge in [-0.2, -0.15) is 4.98 Å². The Morgan fingerprint density at radius 1 is 1.50 bits per heavy atom. The standard InChI is InChI=1S/C13H13ClN2O4/c1-2-4-11-15-10(16-20-11)7-19-12-8(13(17)18)5-3-6-9(12)14/h3,5-6H,2,4,7H2,1H3,(H,17,18). The highest BCUT2D eigenvalue weighted by Crippen LogP contribution is 2.29. The maximum atomic E-state index is 11.1. The minimum atomic E-state index is -1.11. The first-order valence-electron chi connectivity index (χ1n) is 6.08. The van der Waals surface area contributed by atoms with Gasteiger partial charge in [0.15, 0.2) is 12.4 Å². The van der Waals surface area contributed by atoms with Crippen LogP contribution < -0.4 is 4.74 Å². The van der Waals surface area contributed by atoms with Gasteiger partial charge in [0.1, 0.15) is 5.56 Å². The maximum absolute atomic E-state index is 11.1. The van der Waals surface area contributed by atoms with Crippen LogP contribution in [0.1, 0.15) is 35.4 Å². The van der Waals surface area contributed by atoms with Crippen LogP contribution in [0.5, 0.6) is 5.75 Å². The van der Waals surface area contributed by atoms with Crippen molar-refractivity contribution < 1.29 is 19.2 Å². The van der Waals surface area contributed by atoms with E-state index in [1.54, 1.807) is 12.1 Å². The van der Waals surface area contributed by atoms with Crippen molar-refractivity contribution in [2.75, 3.05) is 0 Å². The second kappa shape index (κ2) is 6.38. The summed E-state index contributed by atoms with van der Waals surface area (Å²) in [5, 5.41) is 13.0. The molecule has 0 aliphatic carbocycles. The monoisotopic (exact) mass is 296 g/mol. The van der Waals surface area contributed by atoms with Crippen molar-refractivity contribution in [2.45, 2.75) is 26.4 Å². The molecule has 1 aromatic carbocycles. The molecule has 0 fully saturated rings. The number of carboxylic acids is 1. The lowest BCUT2D eigenvalue weighted by Gasteiger charge is -2.08. The number of carboxylic acid groups (broad SMARTS) is 1. The van der Waals surface area contributed by atoms with Gasteiger partial charge in [-0.15, -0.1) is 0 Å².